The van der Waals surface area contributed by atoms with Crippen LogP contribution in [0.25, 0.3) is 0 Å². The number of carbonyl (C=O) groups excluding carboxylic acids is 1. The van der Waals surface area contributed by atoms with Gasteiger partial charge in [0.15, 0.2) is 11.5 Å². The van der Waals surface area contributed by atoms with E-state index in [0.29, 0.717) is 17.9 Å². The Morgan fingerprint density at radius 2 is 2.00 bits per heavy atom. The molecule has 0 unspecified atom stereocenters. The van der Waals surface area contributed by atoms with Crippen LogP contribution in [0.15, 0.2) is 40.8 Å². The van der Waals surface area contributed by atoms with E-state index in [1.54, 1.807) is 31.6 Å². The summed E-state index contributed by atoms with van der Waals surface area (Å²) in [4.78, 5) is 24.5. The average Bonchev–Trinajstić information content (AvgIpc) is 3.35. The fraction of sp³-hybridized carbons (Fsp3) is 0.316. The van der Waals surface area contributed by atoms with Crippen molar-refractivity contribution in [3.63, 3.8) is 0 Å². The molecule has 1 aliphatic rings. The molecule has 1 N–H and O–H groups in total. The van der Waals surface area contributed by atoms with Crippen LogP contribution in [0.2, 0.25) is 0 Å². The number of methoxy groups -OCH3 is 2. The van der Waals surface area contributed by atoms with E-state index in [0.717, 1.165) is 16.2 Å². The molecular weight excluding hydrogens is 368 g/mol. The van der Waals surface area contributed by atoms with Crippen molar-refractivity contribution in [3.8, 4) is 11.5 Å². The number of aliphatic carboxylic acids is 1. The second-order valence-corrected chi connectivity index (χ2v) is 6.94. The molecule has 0 fully saturated rings. The van der Waals surface area contributed by atoms with Gasteiger partial charge in [0.2, 0.25) is 5.91 Å². The first-order valence-corrected chi connectivity index (χ1v) is 9.28. The molecule has 1 atom stereocenters. The molecule has 1 aromatic heterocycles. The van der Waals surface area contributed by atoms with E-state index in [-0.39, 0.29) is 24.8 Å². The molecule has 1 amide bonds. The number of thiophene rings is 1. The summed E-state index contributed by atoms with van der Waals surface area (Å²) in [6.07, 6.45) is 0.229. The van der Waals surface area contributed by atoms with Gasteiger partial charge in [0.05, 0.1) is 37.3 Å². The van der Waals surface area contributed by atoms with Gasteiger partial charge in [-0.1, -0.05) is 12.1 Å². The van der Waals surface area contributed by atoms with Crippen molar-refractivity contribution in [2.75, 3.05) is 14.2 Å². The minimum atomic E-state index is -1.01. The highest BCUT2D eigenvalue weighted by Crippen LogP contribution is 2.38. The molecule has 0 aliphatic carbocycles. The smallest absolute Gasteiger partial charge is 0.303 e. The third-order valence-corrected chi connectivity index (χ3v) is 5.24. The molecule has 0 spiro atoms. The van der Waals surface area contributed by atoms with Gasteiger partial charge in [-0.05, 0) is 29.1 Å². The third kappa shape index (κ3) is 4.11. The predicted molar refractivity (Wildman–Crippen MR) is 101 cm³/mol. The van der Waals surface area contributed by atoms with Crippen molar-refractivity contribution in [1.82, 2.24) is 5.01 Å². The van der Waals surface area contributed by atoms with E-state index in [1.807, 2.05) is 29.6 Å². The molecule has 2 aromatic rings. The lowest BCUT2D eigenvalue weighted by atomic mass is 10.0. The SMILES string of the molecule is COc1ccc([C@H]2CC(c3cccs3)=NN2C(=O)CCC(=O)O)cc1OC. The second-order valence-electron chi connectivity index (χ2n) is 5.99. The summed E-state index contributed by atoms with van der Waals surface area (Å²) < 4.78 is 10.6. The van der Waals surface area contributed by atoms with E-state index >= 15 is 0 Å². The zero-order chi connectivity index (χ0) is 19.4. The quantitative estimate of drug-likeness (QED) is 0.786. The van der Waals surface area contributed by atoms with E-state index in [9.17, 15) is 9.59 Å². The number of ether oxygens (including phenoxy) is 2. The van der Waals surface area contributed by atoms with Crippen LogP contribution in [-0.2, 0) is 9.59 Å². The van der Waals surface area contributed by atoms with Crippen LogP contribution in [0.1, 0.15) is 35.7 Å². The largest absolute Gasteiger partial charge is 0.493 e. The number of benzene rings is 1. The minimum Gasteiger partial charge on any atom is -0.493 e. The second kappa shape index (κ2) is 8.22. The lowest BCUT2D eigenvalue weighted by molar-refractivity contribution is -0.141. The van der Waals surface area contributed by atoms with Crippen LogP contribution < -0.4 is 9.47 Å². The molecule has 1 aliphatic heterocycles. The molecule has 1 aromatic carbocycles. The van der Waals surface area contributed by atoms with Crippen LogP contribution >= 0.6 is 11.3 Å². The summed E-state index contributed by atoms with van der Waals surface area (Å²) in [6, 6.07) is 9.06. The number of carboxylic acid groups (broad SMARTS) is 1. The van der Waals surface area contributed by atoms with Gasteiger partial charge in [-0.2, -0.15) is 5.10 Å². The van der Waals surface area contributed by atoms with Crippen molar-refractivity contribution in [2.45, 2.75) is 25.3 Å². The van der Waals surface area contributed by atoms with Gasteiger partial charge in [-0.15, -0.1) is 11.3 Å². The zero-order valence-corrected chi connectivity index (χ0v) is 15.9. The molecule has 8 heteroatoms. The number of nitrogens with zero attached hydrogens (tertiary/aromatic N) is 2. The monoisotopic (exact) mass is 388 g/mol. The van der Waals surface area contributed by atoms with Crippen molar-refractivity contribution in [3.05, 3.63) is 46.2 Å². The Kier molecular flexibility index (Phi) is 5.75. The highest BCUT2D eigenvalue weighted by Gasteiger charge is 2.33. The summed E-state index contributed by atoms with van der Waals surface area (Å²) in [6.45, 7) is 0. The first-order chi connectivity index (χ1) is 13.0. The Morgan fingerprint density at radius 1 is 1.22 bits per heavy atom. The molecule has 0 radical (unpaired) electrons. The van der Waals surface area contributed by atoms with Crippen LogP contribution in [0.4, 0.5) is 0 Å². The van der Waals surface area contributed by atoms with Gasteiger partial charge >= 0.3 is 5.97 Å². The van der Waals surface area contributed by atoms with E-state index in [4.69, 9.17) is 14.6 Å². The normalized spacial score (nSPS) is 16.1. The number of hydrogen-bond acceptors (Lipinski definition) is 6. The standard InChI is InChI=1S/C19H20N2O5S/c1-25-15-6-5-12(10-16(15)26-2)14-11-13(17-4-3-9-27-17)20-21(14)18(22)7-8-19(23)24/h3-6,9-10,14H,7-8,11H2,1-2H3,(H,23,24)/t14-/m1/s1. The van der Waals surface area contributed by atoms with Gasteiger partial charge in [0, 0.05) is 12.8 Å². The fourth-order valence-corrected chi connectivity index (χ4v) is 3.70. The van der Waals surface area contributed by atoms with Crippen LogP contribution in [0, 0.1) is 0 Å². The molecule has 3 rings (SSSR count). The van der Waals surface area contributed by atoms with E-state index in [2.05, 4.69) is 5.10 Å². The zero-order valence-electron chi connectivity index (χ0n) is 15.0. The van der Waals surface area contributed by atoms with Crippen molar-refractivity contribution < 1.29 is 24.2 Å². The number of carbonyl (C=O) groups is 2. The summed E-state index contributed by atoms with van der Waals surface area (Å²) in [5.41, 5.74) is 1.67. The lowest BCUT2D eigenvalue weighted by Gasteiger charge is -2.22. The Morgan fingerprint density at radius 3 is 2.63 bits per heavy atom. The fourth-order valence-electron chi connectivity index (χ4n) is 2.98. The molecule has 27 heavy (non-hydrogen) atoms. The van der Waals surface area contributed by atoms with Crippen LogP contribution in [0.5, 0.6) is 11.5 Å². The third-order valence-electron chi connectivity index (χ3n) is 4.32. The number of hydrazone groups is 1. The van der Waals surface area contributed by atoms with Crippen molar-refractivity contribution >= 4 is 28.9 Å². The first kappa shape index (κ1) is 18.9. The highest BCUT2D eigenvalue weighted by atomic mass is 32.1. The van der Waals surface area contributed by atoms with Gasteiger partial charge < -0.3 is 14.6 Å². The van der Waals surface area contributed by atoms with Crippen LogP contribution in [0.3, 0.4) is 0 Å². The minimum absolute atomic E-state index is 0.0969. The summed E-state index contributed by atoms with van der Waals surface area (Å²) in [5.74, 6) is -0.156. The van der Waals surface area contributed by atoms with Gasteiger partial charge in [-0.3, -0.25) is 9.59 Å². The Bertz CT molecular complexity index is 863. The topological polar surface area (TPSA) is 88.4 Å². The maximum absolute atomic E-state index is 12.6. The van der Waals surface area contributed by atoms with Crippen molar-refractivity contribution in [2.24, 2.45) is 5.10 Å². The number of carboxylic acids is 1. The Balaban J connectivity index is 1.92. The molecule has 2 heterocycles. The molecule has 0 bridgehead atoms. The maximum atomic E-state index is 12.6. The molecule has 0 saturated heterocycles. The van der Waals surface area contributed by atoms with Crippen molar-refractivity contribution in [1.29, 1.82) is 0 Å². The molecule has 7 nitrogen and oxygen atoms in total. The first-order valence-electron chi connectivity index (χ1n) is 8.40. The number of hydrogen-bond donors (Lipinski definition) is 1. The molecule has 0 saturated carbocycles. The summed E-state index contributed by atoms with van der Waals surface area (Å²) in [5, 5.41) is 16.7. The highest BCUT2D eigenvalue weighted by molar-refractivity contribution is 7.12. The van der Waals surface area contributed by atoms with E-state index in [1.165, 1.54) is 5.01 Å². The predicted octanol–water partition coefficient (Wildman–Crippen LogP) is 3.31. The van der Waals surface area contributed by atoms with Gasteiger partial charge in [-0.25, -0.2) is 5.01 Å². The van der Waals surface area contributed by atoms with E-state index < -0.39 is 5.97 Å². The maximum Gasteiger partial charge on any atom is 0.303 e. The molecule has 142 valence electrons. The Hall–Kier alpha value is -2.87. The van der Waals surface area contributed by atoms with Gasteiger partial charge in [0.1, 0.15) is 0 Å². The Labute approximate surface area is 160 Å². The number of rotatable bonds is 7. The lowest BCUT2D eigenvalue weighted by Crippen LogP contribution is -2.27. The summed E-state index contributed by atoms with van der Waals surface area (Å²) in [7, 11) is 3.12. The number of amides is 1. The summed E-state index contributed by atoms with van der Waals surface area (Å²) >= 11 is 1.56. The van der Waals surface area contributed by atoms with Crippen LogP contribution in [-0.4, -0.2) is 41.9 Å². The molecular formula is C19H20N2O5S. The van der Waals surface area contributed by atoms with Gasteiger partial charge in [0.25, 0.3) is 0 Å². The average molecular weight is 388 g/mol.